The van der Waals surface area contributed by atoms with Crippen LogP contribution >= 0.6 is 0 Å². The van der Waals surface area contributed by atoms with Crippen molar-refractivity contribution in [3.05, 3.63) is 95.6 Å². The molecule has 0 atom stereocenters. The molecule has 2 N–H and O–H groups in total. The van der Waals surface area contributed by atoms with Crippen LogP contribution in [0.15, 0.2) is 72.8 Å². The molecule has 132 valence electrons. The number of carbonyl (C=O) groups is 1. The molecule has 0 radical (unpaired) electrons. The van der Waals surface area contributed by atoms with Crippen molar-refractivity contribution >= 4 is 17.3 Å². The van der Waals surface area contributed by atoms with Crippen LogP contribution in [0.1, 0.15) is 11.1 Å². The normalized spacial score (nSPS) is 10.4. The van der Waals surface area contributed by atoms with Gasteiger partial charge in [-0.1, -0.05) is 24.3 Å². The maximum absolute atomic E-state index is 12.9. The van der Waals surface area contributed by atoms with E-state index < -0.39 is 0 Å². The van der Waals surface area contributed by atoms with Crippen LogP contribution in [0.3, 0.4) is 0 Å². The van der Waals surface area contributed by atoms with Gasteiger partial charge < -0.3 is 10.6 Å². The van der Waals surface area contributed by atoms with Crippen molar-refractivity contribution in [1.82, 2.24) is 0 Å². The minimum Gasteiger partial charge on any atom is -0.381 e. The van der Waals surface area contributed by atoms with Crippen molar-refractivity contribution in [3.63, 3.8) is 0 Å². The third-order valence-corrected chi connectivity index (χ3v) is 3.86. The number of anilines is 2. The number of hydrogen-bond donors (Lipinski definition) is 2. The Bertz CT molecular complexity index is 860. The molecule has 0 fully saturated rings. The predicted octanol–water partition coefficient (Wildman–Crippen LogP) is 4.76. The van der Waals surface area contributed by atoms with E-state index in [9.17, 15) is 13.6 Å². The molecule has 0 spiro atoms. The van der Waals surface area contributed by atoms with Crippen LogP contribution in [0.4, 0.5) is 20.2 Å². The molecule has 0 saturated heterocycles. The van der Waals surface area contributed by atoms with Gasteiger partial charge in [0.05, 0.1) is 6.42 Å². The minimum atomic E-state index is -0.321. The fraction of sp³-hybridized carbons (Fsp3) is 0.0952. The standard InChI is InChI=1S/C21H18F2N2O/c22-17-5-1-15(2-6-17)13-21(26)25-20-11-9-19(10-12-20)24-14-16-3-7-18(23)8-4-16/h1-12,24H,13-14H2,(H,25,26). The van der Waals surface area contributed by atoms with Crippen LogP contribution in [0, 0.1) is 11.6 Å². The van der Waals surface area contributed by atoms with Gasteiger partial charge in [0.2, 0.25) is 5.91 Å². The van der Waals surface area contributed by atoms with E-state index in [1.165, 1.54) is 24.3 Å². The highest BCUT2D eigenvalue weighted by atomic mass is 19.1. The average molecular weight is 352 g/mol. The lowest BCUT2D eigenvalue weighted by molar-refractivity contribution is -0.115. The maximum Gasteiger partial charge on any atom is 0.228 e. The molecule has 5 heteroatoms. The van der Waals surface area contributed by atoms with Crippen molar-refractivity contribution in [2.24, 2.45) is 0 Å². The number of benzene rings is 3. The first-order valence-electron chi connectivity index (χ1n) is 8.21. The van der Waals surface area contributed by atoms with Crippen molar-refractivity contribution < 1.29 is 13.6 Å². The van der Waals surface area contributed by atoms with Gasteiger partial charge in [0.25, 0.3) is 0 Å². The number of carbonyl (C=O) groups excluding carboxylic acids is 1. The highest BCUT2D eigenvalue weighted by Gasteiger charge is 2.05. The molecule has 3 nitrogen and oxygen atoms in total. The summed E-state index contributed by atoms with van der Waals surface area (Å²) in [5.74, 6) is -0.740. The number of amides is 1. The van der Waals surface area contributed by atoms with Crippen LogP contribution < -0.4 is 10.6 Å². The van der Waals surface area contributed by atoms with Crippen molar-refractivity contribution in [2.75, 3.05) is 10.6 Å². The van der Waals surface area contributed by atoms with E-state index in [0.717, 1.165) is 16.8 Å². The molecule has 3 aromatic rings. The Morgan fingerprint density at radius 1 is 0.692 bits per heavy atom. The summed E-state index contributed by atoms with van der Waals surface area (Å²) in [5, 5.41) is 6.05. The Kier molecular flexibility index (Phi) is 5.59. The largest absolute Gasteiger partial charge is 0.381 e. The highest BCUT2D eigenvalue weighted by Crippen LogP contribution is 2.15. The number of halogens is 2. The second kappa shape index (κ2) is 8.25. The zero-order chi connectivity index (χ0) is 18.4. The second-order valence-corrected chi connectivity index (χ2v) is 5.91. The van der Waals surface area contributed by atoms with Gasteiger partial charge in [0.15, 0.2) is 0 Å². The summed E-state index contributed by atoms with van der Waals surface area (Å²) in [4.78, 5) is 12.0. The Morgan fingerprint density at radius 2 is 1.19 bits per heavy atom. The van der Waals surface area contributed by atoms with Gasteiger partial charge in [0, 0.05) is 17.9 Å². The molecule has 0 aliphatic heterocycles. The summed E-state index contributed by atoms with van der Waals surface area (Å²) in [6.45, 7) is 0.580. The van der Waals surface area contributed by atoms with Gasteiger partial charge in [-0.25, -0.2) is 8.78 Å². The molecule has 0 aromatic heterocycles. The second-order valence-electron chi connectivity index (χ2n) is 5.91. The van der Waals surface area contributed by atoms with E-state index in [-0.39, 0.29) is 24.0 Å². The summed E-state index contributed by atoms with van der Waals surface area (Å²) < 4.78 is 25.8. The van der Waals surface area contributed by atoms with Crippen molar-refractivity contribution in [2.45, 2.75) is 13.0 Å². The topological polar surface area (TPSA) is 41.1 Å². The Balaban J connectivity index is 1.51. The fourth-order valence-corrected chi connectivity index (χ4v) is 2.47. The highest BCUT2D eigenvalue weighted by molar-refractivity contribution is 5.92. The molecule has 3 aromatic carbocycles. The third kappa shape index (κ3) is 5.14. The van der Waals surface area contributed by atoms with Crippen molar-refractivity contribution in [3.8, 4) is 0 Å². The van der Waals surface area contributed by atoms with Gasteiger partial charge in [-0.05, 0) is 59.7 Å². The smallest absolute Gasteiger partial charge is 0.228 e. The minimum absolute atomic E-state index is 0.163. The number of rotatable bonds is 6. The molecular weight excluding hydrogens is 334 g/mol. The molecule has 0 unspecified atom stereocenters. The van der Waals surface area contributed by atoms with E-state index in [1.54, 1.807) is 36.4 Å². The van der Waals surface area contributed by atoms with Crippen LogP contribution in [0.25, 0.3) is 0 Å². The van der Waals surface area contributed by atoms with E-state index in [4.69, 9.17) is 0 Å². The van der Waals surface area contributed by atoms with Crippen LogP contribution in [0.2, 0.25) is 0 Å². The van der Waals surface area contributed by atoms with E-state index in [2.05, 4.69) is 10.6 Å². The fourth-order valence-electron chi connectivity index (χ4n) is 2.47. The quantitative estimate of drug-likeness (QED) is 0.672. The van der Waals surface area contributed by atoms with Gasteiger partial charge in [-0.2, -0.15) is 0 Å². The zero-order valence-corrected chi connectivity index (χ0v) is 14.0. The Hall–Kier alpha value is -3.21. The number of hydrogen-bond acceptors (Lipinski definition) is 2. The van der Waals surface area contributed by atoms with Gasteiger partial charge >= 0.3 is 0 Å². The lowest BCUT2D eigenvalue weighted by atomic mass is 10.1. The van der Waals surface area contributed by atoms with Gasteiger partial charge in [0.1, 0.15) is 11.6 Å². The van der Waals surface area contributed by atoms with Crippen LogP contribution in [0.5, 0.6) is 0 Å². The number of nitrogens with one attached hydrogen (secondary N) is 2. The van der Waals surface area contributed by atoms with E-state index >= 15 is 0 Å². The summed E-state index contributed by atoms with van der Waals surface area (Å²) >= 11 is 0. The maximum atomic E-state index is 12.9. The van der Waals surface area contributed by atoms with Crippen LogP contribution in [-0.2, 0) is 17.8 Å². The molecule has 0 bridgehead atoms. The summed E-state index contributed by atoms with van der Waals surface area (Å²) in [6, 6.07) is 19.5. The molecular formula is C21H18F2N2O. The summed E-state index contributed by atoms with van der Waals surface area (Å²) in [6.07, 6.45) is 0.185. The predicted molar refractivity (Wildman–Crippen MR) is 98.9 cm³/mol. The third-order valence-electron chi connectivity index (χ3n) is 3.86. The average Bonchev–Trinajstić information content (AvgIpc) is 2.64. The first-order chi connectivity index (χ1) is 12.6. The van der Waals surface area contributed by atoms with E-state index in [1.807, 2.05) is 12.1 Å². The lowest BCUT2D eigenvalue weighted by Gasteiger charge is -2.09. The Morgan fingerprint density at radius 3 is 1.77 bits per heavy atom. The molecule has 1 amide bonds. The zero-order valence-electron chi connectivity index (χ0n) is 14.0. The summed E-state index contributed by atoms with van der Waals surface area (Å²) in [5.41, 5.74) is 3.31. The first kappa shape index (κ1) is 17.6. The molecule has 26 heavy (non-hydrogen) atoms. The van der Waals surface area contributed by atoms with Crippen molar-refractivity contribution in [1.29, 1.82) is 0 Å². The monoisotopic (exact) mass is 352 g/mol. The molecule has 0 aliphatic rings. The lowest BCUT2D eigenvalue weighted by Crippen LogP contribution is -2.14. The molecule has 0 aliphatic carbocycles. The Labute approximate surface area is 150 Å². The SMILES string of the molecule is O=C(Cc1ccc(F)cc1)Nc1ccc(NCc2ccc(F)cc2)cc1. The van der Waals surface area contributed by atoms with E-state index in [0.29, 0.717) is 12.2 Å². The van der Waals surface area contributed by atoms with Crippen LogP contribution in [-0.4, -0.2) is 5.91 Å². The molecule has 3 rings (SSSR count). The summed E-state index contributed by atoms with van der Waals surface area (Å²) in [7, 11) is 0. The van der Waals surface area contributed by atoms with Gasteiger partial charge in [-0.3, -0.25) is 4.79 Å². The van der Waals surface area contributed by atoms with Gasteiger partial charge in [-0.15, -0.1) is 0 Å². The molecule has 0 heterocycles. The first-order valence-corrected chi connectivity index (χ1v) is 8.21. The molecule has 0 saturated carbocycles.